The molecule has 0 saturated heterocycles. The van der Waals surface area contributed by atoms with Crippen molar-refractivity contribution in [3.63, 3.8) is 0 Å². The molecule has 0 spiro atoms. The van der Waals surface area contributed by atoms with E-state index in [1.807, 2.05) is 17.5 Å². The van der Waals surface area contributed by atoms with Crippen molar-refractivity contribution < 1.29 is 23.9 Å². The third kappa shape index (κ3) is 3.21. The van der Waals surface area contributed by atoms with Crippen molar-refractivity contribution >= 4 is 51.4 Å². The third-order valence-corrected chi connectivity index (χ3v) is 6.59. The van der Waals surface area contributed by atoms with Crippen LogP contribution in [0.1, 0.15) is 38.0 Å². The second-order valence-electron chi connectivity index (χ2n) is 6.51. The smallest absolute Gasteiger partial charge is 0.341 e. The lowest BCUT2D eigenvalue weighted by molar-refractivity contribution is -0.119. The summed E-state index contributed by atoms with van der Waals surface area (Å²) in [4.78, 5) is 52.4. The lowest BCUT2D eigenvalue weighted by atomic mass is 10.1. The standard InChI is InChI=1S/C21H16N2O5S2/c1-11(23-19(25)12-6-3-4-7-13(12)20(23)26)17(24)22-18-16(21(27)28-2)14(10-30-18)15-8-5-9-29-15/h3-11H,1-2H3,(H,22,24)/t11-/m0/s1. The topological polar surface area (TPSA) is 92.8 Å². The van der Waals surface area contributed by atoms with E-state index in [2.05, 4.69) is 5.32 Å². The van der Waals surface area contributed by atoms with E-state index in [-0.39, 0.29) is 16.7 Å². The first kappa shape index (κ1) is 20.0. The molecule has 1 N–H and O–H groups in total. The molecule has 0 bridgehead atoms. The molecule has 7 nitrogen and oxygen atoms in total. The summed E-state index contributed by atoms with van der Waals surface area (Å²) in [6, 6.07) is 9.12. The highest BCUT2D eigenvalue weighted by Gasteiger charge is 2.41. The summed E-state index contributed by atoms with van der Waals surface area (Å²) in [6.07, 6.45) is 0. The van der Waals surface area contributed by atoms with E-state index >= 15 is 0 Å². The van der Waals surface area contributed by atoms with Gasteiger partial charge in [0.2, 0.25) is 5.91 Å². The van der Waals surface area contributed by atoms with E-state index in [1.165, 1.54) is 36.7 Å². The summed E-state index contributed by atoms with van der Waals surface area (Å²) in [7, 11) is 1.27. The second kappa shape index (κ2) is 7.85. The van der Waals surface area contributed by atoms with Gasteiger partial charge >= 0.3 is 5.97 Å². The zero-order chi connectivity index (χ0) is 21.4. The minimum Gasteiger partial charge on any atom is -0.465 e. The fourth-order valence-corrected chi connectivity index (χ4v) is 5.04. The van der Waals surface area contributed by atoms with Crippen molar-refractivity contribution in [1.82, 2.24) is 4.90 Å². The number of nitrogens with zero attached hydrogens (tertiary/aromatic N) is 1. The molecule has 0 fully saturated rings. The molecule has 9 heteroatoms. The number of fused-ring (bicyclic) bond motifs is 1. The molecular formula is C21H16N2O5S2. The van der Waals surface area contributed by atoms with Gasteiger partial charge in [-0.15, -0.1) is 22.7 Å². The van der Waals surface area contributed by atoms with Gasteiger partial charge in [0.1, 0.15) is 16.6 Å². The number of imide groups is 1. The second-order valence-corrected chi connectivity index (χ2v) is 8.34. The number of nitrogens with one attached hydrogen (secondary N) is 1. The zero-order valence-electron chi connectivity index (χ0n) is 16.0. The molecule has 0 radical (unpaired) electrons. The molecule has 4 rings (SSSR count). The predicted octanol–water partition coefficient (Wildman–Crippen LogP) is 3.89. The molecule has 0 aliphatic carbocycles. The summed E-state index contributed by atoms with van der Waals surface area (Å²) >= 11 is 2.64. The van der Waals surface area contributed by atoms with Crippen molar-refractivity contribution in [1.29, 1.82) is 0 Å². The van der Waals surface area contributed by atoms with E-state index < -0.39 is 29.7 Å². The number of benzene rings is 1. The largest absolute Gasteiger partial charge is 0.465 e. The summed E-state index contributed by atoms with van der Waals surface area (Å²) in [6.45, 7) is 1.47. The maximum absolute atomic E-state index is 12.9. The van der Waals surface area contributed by atoms with Crippen molar-refractivity contribution in [2.75, 3.05) is 12.4 Å². The molecule has 1 aliphatic heterocycles. The molecule has 1 aliphatic rings. The van der Waals surface area contributed by atoms with Gasteiger partial charge in [0.05, 0.1) is 18.2 Å². The van der Waals surface area contributed by atoms with Crippen LogP contribution in [-0.4, -0.2) is 41.7 Å². The van der Waals surface area contributed by atoms with Crippen LogP contribution < -0.4 is 5.32 Å². The van der Waals surface area contributed by atoms with Crippen molar-refractivity contribution in [3.05, 3.63) is 63.8 Å². The Morgan fingerprint density at radius 1 is 1.00 bits per heavy atom. The van der Waals surface area contributed by atoms with Gasteiger partial charge in [0.25, 0.3) is 11.8 Å². The molecule has 152 valence electrons. The zero-order valence-corrected chi connectivity index (χ0v) is 17.6. The Balaban J connectivity index is 1.61. The Morgan fingerprint density at radius 3 is 2.23 bits per heavy atom. The predicted molar refractivity (Wildman–Crippen MR) is 114 cm³/mol. The number of hydrogen-bond donors (Lipinski definition) is 1. The number of amides is 3. The first-order valence-electron chi connectivity index (χ1n) is 8.95. The van der Waals surface area contributed by atoms with Crippen molar-refractivity contribution in [2.24, 2.45) is 0 Å². The van der Waals surface area contributed by atoms with Crippen LogP contribution in [0.2, 0.25) is 0 Å². The SMILES string of the molecule is COC(=O)c1c(-c2cccs2)csc1NC(=O)[C@H](C)N1C(=O)c2ccccc2C1=O. The van der Waals surface area contributed by atoms with Gasteiger partial charge in [0.15, 0.2) is 0 Å². The van der Waals surface area contributed by atoms with E-state index in [0.29, 0.717) is 10.6 Å². The Bertz CT molecular complexity index is 1130. The van der Waals surface area contributed by atoms with Crippen LogP contribution in [-0.2, 0) is 9.53 Å². The van der Waals surface area contributed by atoms with E-state index in [0.717, 1.165) is 9.78 Å². The maximum atomic E-state index is 12.9. The van der Waals surface area contributed by atoms with Gasteiger partial charge in [-0.1, -0.05) is 18.2 Å². The molecular weight excluding hydrogens is 424 g/mol. The average molecular weight is 441 g/mol. The van der Waals surface area contributed by atoms with Crippen molar-refractivity contribution in [2.45, 2.75) is 13.0 Å². The van der Waals surface area contributed by atoms with Crippen LogP contribution in [0.4, 0.5) is 5.00 Å². The highest BCUT2D eigenvalue weighted by Crippen LogP contribution is 2.38. The fraction of sp³-hybridized carbons (Fsp3) is 0.143. The first-order valence-corrected chi connectivity index (χ1v) is 10.7. The maximum Gasteiger partial charge on any atom is 0.341 e. The van der Waals surface area contributed by atoms with Gasteiger partial charge in [-0.05, 0) is 30.5 Å². The van der Waals surface area contributed by atoms with Gasteiger partial charge < -0.3 is 10.1 Å². The summed E-state index contributed by atoms with van der Waals surface area (Å²) in [5.74, 6) is -2.19. The summed E-state index contributed by atoms with van der Waals surface area (Å²) < 4.78 is 4.89. The lowest BCUT2D eigenvalue weighted by Gasteiger charge is -2.21. The van der Waals surface area contributed by atoms with Gasteiger partial charge in [0, 0.05) is 15.8 Å². The molecule has 30 heavy (non-hydrogen) atoms. The number of hydrogen-bond acceptors (Lipinski definition) is 7. The number of esters is 1. The molecule has 2 aromatic heterocycles. The molecule has 1 atom stereocenters. The monoisotopic (exact) mass is 440 g/mol. The summed E-state index contributed by atoms with van der Waals surface area (Å²) in [5.41, 5.74) is 1.44. The Morgan fingerprint density at radius 2 is 1.67 bits per heavy atom. The number of ether oxygens (including phenoxy) is 1. The molecule has 1 aromatic carbocycles. The highest BCUT2D eigenvalue weighted by molar-refractivity contribution is 7.17. The van der Waals surface area contributed by atoms with Crippen LogP contribution >= 0.6 is 22.7 Å². The van der Waals surface area contributed by atoms with Crippen LogP contribution in [0.15, 0.2) is 47.2 Å². The van der Waals surface area contributed by atoms with E-state index in [1.54, 1.807) is 29.6 Å². The minimum absolute atomic E-state index is 0.243. The van der Waals surface area contributed by atoms with Gasteiger partial charge in [-0.25, -0.2) is 4.79 Å². The molecule has 3 amide bonds. The number of methoxy groups -OCH3 is 1. The van der Waals surface area contributed by atoms with Gasteiger partial charge in [-0.2, -0.15) is 0 Å². The lowest BCUT2D eigenvalue weighted by Crippen LogP contribution is -2.45. The molecule has 0 unspecified atom stereocenters. The van der Waals surface area contributed by atoms with Crippen LogP contribution in [0.25, 0.3) is 10.4 Å². The quantitative estimate of drug-likeness (QED) is 0.480. The first-order chi connectivity index (χ1) is 14.4. The van der Waals surface area contributed by atoms with Crippen LogP contribution in [0.5, 0.6) is 0 Å². The van der Waals surface area contributed by atoms with Crippen LogP contribution in [0, 0.1) is 0 Å². The van der Waals surface area contributed by atoms with Gasteiger partial charge in [-0.3, -0.25) is 19.3 Å². The Kier molecular flexibility index (Phi) is 5.23. The Hall–Kier alpha value is -3.30. The van der Waals surface area contributed by atoms with Crippen LogP contribution in [0.3, 0.4) is 0 Å². The van der Waals surface area contributed by atoms with Crippen molar-refractivity contribution in [3.8, 4) is 10.4 Å². The summed E-state index contributed by atoms with van der Waals surface area (Å²) in [5, 5.41) is 6.64. The Labute approximate surface area is 179 Å². The minimum atomic E-state index is -1.06. The third-order valence-electron chi connectivity index (χ3n) is 4.80. The molecule has 3 aromatic rings. The fourth-order valence-electron chi connectivity index (χ4n) is 3.26. The van der Waals surface area contributed by atoms with E-state index in [4.69, 9.17) is 4.74 Å². The number of carbonyl (C=O) groups excluding carboxylic acids is 4. The highest BCUT2D eigenvalue weighted by atomic mass is 32.1. The number of carbonyl (C=O) groups is 4. The molecule has 3 heterocycles. The number of anilines is 1. The van der Waals surface area contributed by atoms with E-state index in [9.17, 15) is 19.2 Å². The average Bonchev–Trinajstić information content (AvgIpc) is 3.47. The molecule has 0 saturated carbocycles. The number of rotatable bonds is 5. The normalized spacial score (nSPS) is 13.9. The number of thiophene rings is 2.